The third-order valence-corrected chi connectivity index (χ3v) is 7.10. The van der Waals surface area contributed by atoms with Crippen LogP contribution < -0.4 is 5.32 Å². The second kappa shape index (κ2) is 13.3. The van der Waals surface area contributed by atoms with Crippen LogP contribution in [-0.4, -0.2) is 63.0 Å². The number of nitrogens with one attached hydrogen (secondary N) is 1. The number of hydrogen-bond donors (Lipinski definition) is 2. The summed E-state index contributed by atoms with van der Waals surface area (Å²) in [6.07, 6.45) is 1.51. The number of carbonyl (C=O) groups excluding carboxylic acids is 4. The Labute approximate surface area is 248 Å². The molecular weight excluding hydrogens is 558 g/mol. The minimum absolute atomic E-state index is 0.0367. The molecule has 216 valence electrons. The van der Waals surface area contributed by atoms with Crippen LogP contribution in [0.15, 0.2) is 91.1 Å². The van der Waals surface area contributed by atoms with Crippen molar-refractivity contribution < 1.29 is 29.1 Å². The fourth-order valence-electron chi connectivity index (χ4n) is 4.81. The van der Waals surface area contributed by atoms with E-state index >= 15 is 0 Å². The van der Waals surface area contributed by atoms with Gasteiger partial charge in [0.1, 0.15) is 18.6 Å². The number of halogens is 1. The van der Waals surface area contributed by atoms with Gasteiger partial charge in [0, 0.05) is 23.2 Å². The van der Waals surface area contributed by atoms with Gasteiger partial charge < -0.3 is 15.3 Å². The molecule has 2 N–H and O–H groups in total. The second-order valence-electron chi connectivity index (χ2n) is 10.2. The lowest BCUT2D eigenvalue weighted by atomic mass is 9.96. The molecule has 0 aliphatic carbocycles. The molecule has 1 aliphatic heterocycles. The highest BCUT2D eigenvalue weighted by Crippen LogP contribution is 2.31. The van der Waals surface area contributed by atoms with Crippen molar-refractivity contribution in [3.8, 4) is 0 Å². The Morgan fingerprint density at radius 3 is 2.07 bits per heavy atom. The van der Waals surface area contributed by atoms with E-state index in [4.69, 9.17) is 11.6 Å². The molecule has 3 amide bonds. The van der Waals surface area contributed by atoms with Gasteiger partial charge in [0.15, 0.2) is 0 Å². The van der Waals surface area contributed by atoms with Crippen LogP contribution in [0.2, 0.25) is 5.02 Å². The summed E-state index contributed by atoms with van der Waals surface area (Å²) >= 11 is 6.00. The number of amides is 3. The summed E-state index contributed by atoms with van der Waals surface area (Å²) in [4.78, 5) is 67.7. The zero-order chi connectivity index (χ0) is 30.4. The van der Waals surface area contributed by atoms with Crippen LogP contribution in [0.3, 0.4) is 0 Å². The van der Waals surface area contributed by atoms with Gasteiger partial charge in [-0.15, -0.1) is 0 Å². The Morgan fingerprint density at radius 1 is 0.905 bits per heavy atom. The van der Waals surface area contributed by atoms with Gasteiger partial charge in [-0.3, -0.25) is 24.1 Å². The second-order valence-corrected chi connectivity index (χ2v) is 10.6. The zero-order valence-electron chi connectivity index (χ0n) is 23.1. The van der Waals surface area contributed by atoms with Crippen LogP contribution in [-0.2, 0) is 25.6 Å². The zero-order valence-corrected chi connectivity index (χ0v) is 23.8. The minimum atomic E-state index is -1.67. The monoisotopic (exact) mass is 587 g/mol. The lowest BCUT2D eigenvalue weighted by Crippen LogP contribution is -2.57. The van der Waals surface area contributed by atoms with Crippen LogP contribution in [0.25, 0.3) is 5.70 Å². The highest BCUT2D eigenvalue weighted by atomic mass is 35.5. The largest absolute Gasteiger partial charge is 0.475 e. The summed E-state index contributed by atoms with van der Waals surface area (Å²) in [5.74, 6) is -4.80. The molecule has 0 aromatic heterocycles. The fraction of sp³-hybridized carbons (Fsp3) is 0.219. The summed E-state index contributed by atoms with van der Waals surface area (Å²) in [5.41, 5.74) is 1.88. The summed E-state index contributed by atoms with van der Waals surface area (Å²) in [5, 5.41) is 12.3. The number of benzene rings is 3. The van der Waals surface area contributed by atoms with Gasteiger partial charge in [-0.2, -0.15) is 0 Å². The molecule has 3 aromatic carbocycles. The fourth-order valence-corrected chi connectivity index (χ4v) is 4.93. The molecule has 1 aliphatic rings. The van der Waals surface area contributed by atoms with Gasteiger partial charge in [0.25, 0.3) is 17.6 Å². The summed E-state index contributed by atoms with van der Waals surface area (Å²) in [6, 6.07) is 21.6. The molecule has 3 aromatic rings. The molecule has 1 heterocycles. The first-order valence-corrected chi connectivity index (χ1v) is 13.7. The van der Waals surface area contributed by atoms with E-state index in [0.29, 0.717) is 27.4 Å². The molecule has 0 saturated heterocycles. The topological polar surface area (TPSA) is 124 Å². The van der Waals surface area contributed by atoms with Crippen molar-refractivity contribution in [3.05, 3.63) is 113 Å². The third-order valence-electron chi connectivity index (χ3n) is 6.84. The van der Waals surface area contributed by atoms with Crippen molar-refractivity contribution in [3.63, 3.8) is 0 Å². The summed E-state index contributed by atoms with van der Waals surface area (Å²) in [6.45, 7) is 3.10. The van der Waals surface area contributed by atoms with Crippen LogP contribution in [0.5, 0.6) is 0 Å². The predicted octanol–water partition coefficient (Wildman–Crippen LogP) is 4.03. The Balaban J connectivity index is 1.68. The van der Waals surface area contributed by atoms with E-state index in [0.717, 1.165) is 0 Å². The first kappa shape index (κ1) is 30.2. The number of aliphatic carboxylic acids is 1. The number of carbonyl (C=O) groups is 5. The van der Waals surface area contributed by atoms with Crippen LogP contribution in [0, 0.1) is 5.92 Å². The van der Waals surface area contributed by atoms with Gasteiger partial charge in [-0.25, -0.2) is 4.79 Å². The van der Waals surface area contributed by atoms with Crippen molar-refractivity contribution in [1.82, 2.24) is 15.1 Å². The number of Topliss-reactive ketones (excluding diaryl/α,β-unsaturated/α-hetero) is 1. The molecule has 2 atom stereocenters. The van der Waals surface area contributed by atoms with E-state index in [2.05, 4.69) is 5.32 Å². The Hall–Kier alpha value is -4.76. The van der Waals surface area contributed by atoms with Crippen molar-refractivity contribution in [2.24, 2.45) is 5.92 Å². The van der Waals surface area contributed by atoms with Crippen LogP contribution >= 0.6 is 11.6 Å². The Kier molecular flexibility index (Phi) is 9.54. The van der Waals surface area contributed by atoms with Gasteiger partial charge in [-0.1, -0.05) is 86.1 Å². The minimum Gasteiger partial charge on any atom is -0.475 e. The average Bonchev–Trinajstić information content (AvgIpc) is 2.98. The van der Waals surface area contributed by atoms with Crippen LogP contribution in [0.1, 0.15) is 35.3 Å². The normalized spacial score (nSPS) is 15.7. The third kappa shape index (κ3) is 6.92. The SMILES string of the molecule is CC(C)C1C(=O)N(CC(=O)N[C@@H](Cc2ccccc2)C(=O)C(=O)O)C(c2ccccc2)=CN1C(=O)c1ccc(Cl)cc1. The number of ketones is 1. The molecule has 9 nitrogen and oxygen atoms in total. The predicted molar refractivity (Wildman–Crippen MR) is 157 cm³/mol. The molecule has 0 saturated carbocycles. The quantitative estimate of drug-likeness (QED) is 0.345. The molecule has 42 heavy (non-hydrogen) atoms. The first-order chi connectivity index (χ1) is 20.1. The number of carboxylic acids is 1. The maximum absolute atomic E-state index is 14.0. The molecule has 10 heteroatoms. The van der Waals surface area contributed by atoms with E-state index < -0.39 is 48.1 Å². The number of hydrogen-bond acceptors (Lipinski definition) is 5. The van der Waals surface area contributed by atoms with E-state index in [1.54, 1.807) is 105 Å². The van der Waals surface area contributed by atoms with E-state index in [1.165, 1.54) is 9.80 Å². The lowest BCUT2D eigenvalue weighted by Gasteiger charge is -2.41. The van der Waals surface area contributed by atoms with Crippen molar-refractivity contribution in [2.45, 2.75) is 32.4 Å². The highest BCUT2D eigenvalue weighted by Gasteiger charge is 2.41. The van der Waals surface area contributed by atoms with Crippen LogP contribution in [0.4, 0.5) is 0 Å². The molecule has 0 bridgehead atoms. The maximum Gasteiger partial charge on any atom is 0.374 e. The number of nitrogens with zero attached hydrogens (tertiary/aromatic N) is 2. The smallest absolute Gasteiger partial charge is 0.374 e. The van der Waals surface area contributed by atoms with Crippen molar-refractivity contribution >= 4 is 46.8 Å². The van der Waals surface area contributed by atoms with Gasteiger partial charge >= 0.3 is 5.97 Å². The van der Waals surface area contributed by atoms with Gasteiger partial charge in [-0.05, 0) is 41.3 Å². The lowest BCUT2D eigenvalue weighted by molar-refractivity contribution is -0.150. The average molecular weight is 588 g/mol. The van der Waals surface area contributed by atoms with Crippen molar-refractivity contribution in [1.29, 1.82) is 0 Å². The summed E-state index contributed by atoms with van der Waals surface area (Å²) < 4.78 is 0. The van der Waals surface area contributed by atoms with E-state index in [1.807, 2.05) is 0 Å². The molecule has 0 fully saturated rings. The molecular formula is C32H30ClN3O6. The van der Waals surface area contributed by atoms with Gasteiger partial charge in [0.05, 0.1) is 5.70 Å². The first-order valence-electron chi connectivity index (χ1n) is 13.3. The molecule has 4 rings (SSSR count). The molecule has 1 unspecified atom stereocenters. The van der Waals surface area contributed by atoms with E-state index in [9.17, 15) is 29.1 Å². The standard InChI is InChI=1S/C32H30ClN3O6/c1-20(2)28-31(40)35(19-27(37)34-25(29(38)32(41)42)17-21-9-5-3-6-10-21)26(22-11-7-4-8-12-22)18-36(28)30(39)23-13-15-24(33)16-14-23/h3-16,18,20,25,28H,17,19H2,1-2H3,(H,34,37)(H,41,42)/t25-,28?/m0/s1. The maximum atomic E-state index is 14.0. The molecule has 0 spiro atoms. The highest BCUT2D eigenvalue weighted by molar-refractivity contribution is 6.35. The summed E-state index contributed by atoms with van der Waals surface area (Å²) in [7, 11) is 0. The Bertz CT molecular complexity index is 1510. The van der Waals surface area contributed by atoms with E-state index in [-0.39, 0.29) is 12.3 Å². The number of carboxylic acid groups (broad SMARTS) is 1. The van der Waals surface area contributed by atoms with Crippen molar-refractivity contribution in [2.75, 3.05) is 6.54 Å². The number of rotatable bonds is 10. The van der Waals surface area contributed by atoms with Gasteiger partial charge in [0.2, 0.25) is 5.91 Å². The Morgan fingerprint density at radius 2 is 1.50 bits per heavy atom. The molecule has 0 radical (unpaired) electrons.